The van der Waals surface area contributed by atoms with Gasteiger partial charge in [-0.15, -0.1) is 0 Å². The van der Waals surface area contributed by atoms with Crippen LogP contribution in [0.5, 0.6) is 23.0 Å². The van der Waals surface area contributed by atoms with Gasteiger partial charge in [0.05, 0.1) is 38.3 Å². The topological polar surface area (TPSA) is 92.8 Å². The van der Waals surface area contributed by atoms with E-state index in [1.165, 1.54) is 48.6 Å². The first-order chi connectivity index (χ1) is 19.9. The maximum Gasteiger partial charge on any atom is 0.417 e. The summed E-state index contributed by atoms with van der Waals surface area (Å²) < 4.78 is 65.4. The monoisotopic (exact) mass is 625 g/mol. The largest absolute Gasteiger partial charge is 0.493 e. The molecular weight excluding hydrogens is 594 g/mol. The van der Waals surface area contributed by atoms with Gasteiger partial charge >= 0.3 is 22.7 Å². The molecule has 2 atom stereocenters. The second-order valence-corrected chi connectivity index (χ2v) is 11.4. The summed E-state index contributed by atoms with van der Waals surface area (Å²) in [5.74, 6) is 2.05. The SMILES string of the molecule is CC.COS(=O)OC.COc1cc2c(cc1OSc1cccc(F)c1)CN1CCc3cc4c(cc3C1C2)OS(=O)O4. The van der Waals surface area contributed by atoms with Crippen molar-refractivity contribution in [2.75, 3.05) is 27.9 Å². The first-order valence-electron chi connectivity index (χ1n) is 12.9. The first-order valence-corrected chi connectivity index (χ1v) is 15.6. The number of hydrogen-bond donors (Lipinski definition) is 0. The van der Waals surface area contributed by atoms with Crippen molar-refractivity contribution in [3.05, 3.63) is 76.6 Å². The average molecular weight is 626 g/mol. The van der Waals surface area contributed by atoms with Gasteiger partial charge in [0.1, 0.15) is 5.82 Å². The predicted molar refractivity (Wildman–Crippen MR) is 156 cm³/mol. The smallest absolute Gasteiger partial charge is 0.417 e. The lowest BCUT2D eigenvalue weighted by atomic mass is 9.83. The molecule has 0 saturated heterocycles. The fourth-order valence-corrected chi connectivity index (χ4v) is 6.13. The molecule has 3 aliphatic heterocycles. The van der Waals surface area contributed by atoms with Crippen molar-refractivity contribution in [1.29, 1.82) is 0 Å². The summed E-state index contributed by atoms with van der Waals surface area (Å²) in [6.07, 6.45) is 1.71. The summed E-state index contributed by atoms with van der Waals surface area (Å²) in [6.45, 7) is 5.70. The van der Waals surface area contributed by atoms with Gasteiger partial charge in [0.25, 0.3) is 0 Å². The normalized spacial score (nSPS) is 18.1. The van der Waals surface area contributed by atoms with Crippen LogP contribution in [0.15, 0.2) is 53.4 Å². The Kier molecular flexibility index (Phi) is 11.0. The van der Waals surface area contributed by atoms with Gasteiger partial charge in [0, 0.05) is 19.1 Å². The molecule has 0 amide bonds. The van der Waals surface area contributed by atoms with Crippen LogP contribution in [0.25, 0.3) is 0 Å². The van der Waals surface area contributed by atoms with Crippen LogP contribution in [-0.2, 0) is 50.5 Å². The Labute approximate surface area is 249 Å². The Bertz CT molecular complexity index is 1420. The van der Waals surface area contributed by atoms with Crippen LogP contribution in [-0.4, -0.2) is 41.2 Å². The van der Waals surface area contributed by atoms with Gasteiger partial charge in [-0.05, 0) is 77.6 Å². The number of ether oxygens (including phenoxy) is 1. The van der Waals surface area contributed by atoms with Crippen molar-refractivity contribution in [3.63, 3.8) is 0 Å². The highest BCUT2D eigenvalue weighted by molar-refractivity contribution is 7.95. The molecule has 0 fully saturated rings. The molecule has 13 heteroatoms. The summed E-state index contributed by atoms with van der Waals surface area (Å²) in [5.41, 5.74) is 4.78. The summed E-state index contributed by atoms with van der Waals surface area (Å²) in [4.78, 5) is 3.13. The zero-order valence-electron chi connectivity index (χ0n) is 23.3. The van der Waals surface area contributed by atoms with E-state index in [4.69, 9.17) is 17.3 Å². The predicted octanol–water partition coefficient (Wildman–Crippen LogP) is 5.81. The number of methoxy groups -OCH3 is 1. The van der Waals surface area contributed by atoms with Crippen molar-refractivity contribution in [2.45, 2.75) is 44.2 Å². The molecule has 3 heterocycles. The minimum absolute atomic E-state index is 0.197. The van der Waals surface area contributed by atoms with Crippen LogP contribution in [0.1, 0.15) is 42.1 Å². The molecular formula is C28H32FNO8S3. The highest BCUT2D eigenvalue weighted by Gasteiger charge is 2.35. The molecule has 0 aromatic heterocycles. The van der Waals surface area contributed by atoms with E-state index < -0.39 is 22.7 Å². The van der Waals surface area contributed by atoms with Gasteiger partial charge in [-0.25, -0.2) is 4.39 Å². The molecule has 0 aliphatic carbocycles. The third kappa shape index (κ3) is 7.40. The number of fused-ring (bicyclic) bond motifs is 5. The number of hydrogen-bond acceptors (Lipinski definition) is 10. The van der Waals surface area contributed by atoms with Crippen LogP contribution in [0.4, 0.5) is 4.39 Å². The molecule has 9 nitrogen and oxygen atoms in total. The van der Waals surface area contributed by atoms with E-state index in [0.29, 0.717) is 27.9 Å². The van der Waals surface area contributed by atoms with Crippen molar-refractivity contribution in [1.82, 2.24) is 4.90 Å². The molecule has 3 aromatic carbocycles. The van der Waals surface area contributed by atoms with Crippen molar-refractivity contribution in [3.8, 4) is 23.0 Å². The van der Waals surface area contributed by atoms with Gasteiger partial charge in [0.2, 0.25) is 0 Å². The Morgan fingerprint density at radius 3 is 2.34 bits per heavy atom. The molecule has 0 saturated carbocycles. The Hall–Kier alpha value is -2.68. The third-order valence-corrected chi connectivity index (χ3v) is 8.44. The second-order valence-electron chi connectivity index (χ2n) is 8.74. The standard InChI is InChI=1S/C24H20FNO5S2.C2H6O3S.C2H6/c1-28-21-9-15-7-20-19-12-24-23(30-33(27)31-24)8-14(19)5-6-26(20)13-16(15)10-22(21)29-32-18-4-2-3-17(25)11-18;1-4-6(3)5-2;1-2/h2-4,8-12,20H,5-7,13H2,1H3;1-2H3;1-2H3. The number of halogens is 1. The maximum atomic E-state index is 13.5. The van der Waals surface area contributed by atoms with Crippen LogP contribution in [0.2, 0.25) is 0 Å². The molecule has 3 aliphatic rings. The summed E-state index contributed by atoms with van der Waals surface area (Å²) in [6, 6.07) is 14.5. The first kappa shape index (κ1) is 31.3. The molecule has 0 radical (unpaired) electrons. The van der Waals surface area contributed by atoms with E-state index >= 15 is 0 Å². The van der Waals surface area contributed by atoms with Gasteiger partial charge in [-0.2, -0.15) is 8.42 Å². The highest BCUT2D eigenvalue weighted by Crippen LogP contribution is 2.46. The molecule has 41 heavy (non-hydrogen) atoms. The molecule has 2 unspecified atom stereocenters. The zero-order valence-corrected chi connectivity index (χ0v) is 25.8. The van der Waals surface area contributed by atoms with Crippen molar-refractivity contribution < 1.29 is 38.5 Å². The molecule has 222 valence electrons. The van der Waals surface area contributed by atoms with Crippen LogP contribution >= 0.6 is 12.0 Å². The van der Waals surface area contributed by atoms with E-state index in [2.05, 4.69) is 13.3 Å². The Morgan fingerprint density at radius 1 is 0.976 bits per heavy atom. The van der Waals surface area contributed by atoms with E-state index in [1.54, 1.807) is 19.2 Å². The Balaban J connectivity index is 0.000000433. The number of rotatable bonds is 6. The van der Waals surface area contributed by atoms with E-state index in [9.17, 15) is 12.8 Å². The minimum Gasteiger partial charge on any atom is -0.493 e. The summed E-state index contributed by atoms with van der Waals surface area (Å²) in [7, 11) is 4.23. The lowest BCUT2D eigenvalue weighted by molar-refractivity contribution is 0.160. The fraction of sp³-hybridized carbons (Fsp3) is 0.357. The van der Waals surface area contributed by atoms with Crippen LogP contribution < -0.4 is 17.3 Å². The lowest BCUT2D eigenvalue weighted by Crippen LogP contribution is -2.39. The fourth-order valence-electron chi connectivity index (χ4n) is 4.80. The van der Waals surface area contributed by atoms with E-state index in [-0.39, 0.29) is 11.9 Å². The van der Waals surface area contributed by atoms with Gasteiger partial charge in [-0.3, -0.25) is 13.3 Å². The van der Waals surface area contributed by atoms with Gasteiger partial charge in [-0.1, -0.05) is 19.9 Å². The zero-order chi connectivity index (χ0) is 29.5. The van der Waals surface area contributed by atoms with Crippen LogP contribution in [0.3, 0.4) is 0 Å². The number of benzene rings is 3. The van der Waals surface area contributed by atoms with Crippen molar-refractivity contribution in [2.24, 2.45) is 0 Å². The Morgan fingerprint density at radius 2 is 1.68 bits per heavy atom. The molecule has 3 aromatic rings. The quantitative estimate of drug-likeness (QED) is 0.313. The molecule has 0 spiro atoms. The second kappa shape index (κ2) is 14.5. The van der Waals surface area contributed by atoms with Crippen LogP contribution in [0, 0.1) is 5.82 Å². The van der Waals surface area contributed by atoms with Crippen molar-refractivity contribution >= 4 is 34.8 Å². The average Bonchev–Trinajstić information content (AvgIpc) is 3.37. The summed E-state index contributed by atoms with van der Waals surface area (Å²) >= 11 is -2.18. The lowest BCUT2D eigenvalue weighted by Gasteiger charge is -2.41. The number of nitrogens with zero attached hydrogens (tertiary/aromatic N) is 1. The van der Waals surface area contributed by atoms with E-state index in [0.717, 1.165) is 38.0 Å². The molecule has 6 rings (SSSR count). The van der Waals surface area contributed by atoms with Gasteiger partial charge in [0.15, 0.2) is 23.0 Å². The molecule has 0 bridgehead atoms. The maximum absolute atomic E-state index is 13.5. The van der Waals surface area contributed by atoms with E-state index in [1.807, 2.05) is 38.1 Å². The third-order valence-electron chi connectivity index (χ3n) is 6.56. The highest BCUT2D eigenvalue weighted by atomic mass is 32.2. The van der Waals surface area contributed by atoms with Gasteiger partial charge < -0.3 is 17.3 Å². The minimum atomic E-state index is -1.76. The summed E-state index contributed by atoms with van der Waals surface area (Å²) in [5, 5.41) is 0. The molecule has 0 N–H and O–H groups in total.